The third-order valence-electron chi connectivity index (χ3n) is 3.95. The smallest absolute Gasteiger partial charge is 0.163 e. The van der Waals surface area contributed by atoms with Crippen molar-refractivity contribution in [2.24, 2.45) is 0 Å². The van der Waals surface area contributed by atoms with Crippen LogP contribution in [-0.4, -0.2) is 41.3 Å². The molecule has 112 valence electrons. The van der Waals surface area contributed by atoms with Crippen LogP contribution in [0.1, 0.15) is 16.8 Å². The lowest BCUT2D eigenvalue weighted by Gasteiger charge is -2.35. The average Bonchev–Trinajstić information content (AvgIpc) is 2.56. The van der Waals surface area contributed by atoms with Gasteiger partial charge in [0, 0.05) is 32.7 Å². The first-order chi connectivity index (χ1) is 10.7. The van der Waals surface area contributed by atoms with Crippen molar-refractivity contribution >= 4 is 5.82 Å². The number of hydrogen-bond acceptors (Lipinski definition) is 5. The quantitative estimate of drug-likeness (QED) is 0.866. The van der Waals surface area contributed by atoms with E-state index >= 15 is 0 Å². The third-order valence-corrected chi connectivity index (χ3v) is 3.95. The number of aromatic nitrogens is 2. The van der Waals surface area contributed by atoms with Gasteiger partial charge in [0.25, 0.3) is 0 Å². The minimum absolute atomic E-state index is 0.363. The zero-order valence-corrected chi connectivity index (χ0v) is 12.7. The third kappa shape index (κ3) is 3.41. The van der Waals surface area contributed by atoms with Crippen molar-refractivity contribution in [2.45, 2.75) is 13.5 Å². The zero-order chi connectivity index (χ0) is 15.4. The predicted molar refractivity (Wildman–Crippen MR) is 85.4 cm³/mol. The molecular formula is C17H19N5. The topological polar surface area (TPSA) is 56.0 Å². The number of rotatable bonds is 3. The summed E-state index contributed by atoms with van der Waals surface area (Å²) in [4.78, 5) is 4.68. The van der Waals surface area contributed by atoms with Crippen LogP contribution in [0, 0.1) is 18.3 Å². The fourth-order valence-corrected chi connectivity index (χ4v) is 2.76. The molecule has 0 N–H and O–H groups in total. The molecule has 0 aliphatic carbocycles. The van der Waals surface area contributed by atoms with Gasteiger partial charge in [-0.05, 0) is 24.6 Å². The fourth-order valence-electron chi connectivity index (χ4n) is 2.76. The van der Waals surface area contributed by atoms with Crippen LogP contribution in [0.3, 0.4) is 0 Å². The Morgan fingerprint density at radius 2 is 1.91 bits per heavy atom. The van der Waals surface area contributed by atoms with E-state index in [1.165, 1.54) is 11.1 Å². The van der Waals surface area contributed by atoms with Crippen LogP contribution in [0.5, 0.6) is 0 Å². The van der Waals surface area contributed by atoms with Gasteiger partial charge in [-0.1, -0.05) is 29.8 Å². The molecule has 0 spiro atoms. The number of aryl methyl sites for hydroxylation is 1. The summed E-state index contributed by atoms with van der Waals surface area (Å²) in [5.41, 5.74) is 3.04. The van der Waals surface area contributed by atoms with E-state index in [9.17, 15) is 0 Å². The highest BCUT2D eigenvalue weighted by Crippen LogP contribution is 2.15. The molecule has 1 aliphatic rings. The van der Waals surface area contributed by atoms with Crippen LogP contribution < -0.4 is 4.90 Å². The molecule has 2 heterocycles. The second-order valence-electron chi connectivity index (χ2n) is 5.64. The van der Waals surface area contributed by atoms with Crippen molar-refractivity contribution in [2.75, 3.05) is 31.1 Å². The first-order valence-electron chi connectivity index (χ1n) is 7.51. The van der Waals surface area contributed by atoms with E-state index in [0.29, 0.717) is 5.69 Å². The van der Waals surface area contributed by atoms with Gasteiger partial charge < -0.3 is 4.90 Å². The molecule has 2 aromatic rings. The number of nitrogens with zero attached hydrogens (tertiary/aromatic N) is 5. The van der Waals surface area contributed by atoms with Crippen LogP contribution in [0.15, 0.2) is 36.4 Å². The van der Waals surface area contributed by atoms with Crippen molar-refractivity contribution in [3.63, 3.8) is 0 Å². The van der Waals surface area contributed by atoms with Crippen LogP contribution in [0.2, 0.25) is 0 Å². The second-order valence-corrected chi connectivity index (χ2v) is 5.64. The van der Waals surface area contributed by atoms with E-state index in [1.807, 2.05) is 12.1 Å². The van der Waals surface area contributed by atoms with E-state index in [1.54, 1.807) is 6.07 Å². The zero-order valence-electron chi connectivity index (χ0n) is 12.7. The lowest BCUT2D eigenvalue weighted by molar-refractivity contribution is 0.249. The normalized spacial score (nSPS) is 15.5. The van der Waals surface area contributed by atoms with Crippen molar-refractivity contribution in [3.8, 4) is 6.07 Å². The molecule has 0 saturated carbocycles. The van der Waals surface area contributed by atoms with E-state index in [2.05, 4.69) is 51.2 Å². The number of nitriles is 1. The van der Waals surface area contributed by atoms with Crippen LogP contribution >= 0.6 is 0 Å². The molecule has 0 bridgehead atoms. The molecule has 1 aromatic carbocycles. The molecule has 0 unspecified atom stereocenters. The van der Waals surface area contributed by atoms with Gasteiger partial charge in [0.05, 0.1) is 0 Å². The summed E-state index contributed by atoms with van der Waals surface area (Å²) < 4.78 is 0. The molecule has 0 radical (unpaired) electrons. The Balaban J connectivity index is 1.57. The molecule has 1 aromatic heterocycles. The molecule has 5 nitrogen and oxygen atoms in total. The second kappa shape index (κ2) is 6.54. The first-order valence-corrected chi connectivity index (χ1v) is 7.51. The highest BCUT2D eigenvalue weighted by Gasteiger charge is 2.18. The summed E-state index contributed by atoms with van der Waals surface area (Å²) in [7, 11) is 0. The summed E-state index contributed by atoms with van der Waals surface area (Å²) >= 11 is 0. The summed E-state index contributed by atoms with van der Waals surface area (Å²) in [5, 5.41) is 16.8. The molecule has 0 amide bonds. The Morgan fingerprint density at radius 3 is 2.55 bits per heavy atom. The fraction of sp³-hybridized carbons (Fsp3) is 0.353. The molecule has 0 atom stereocenters. The summed E-state index contributed by atoms with van der Waals surface area (Å²) in [6.07, 6.45) is 0. The maximum Gasteiger partial charge on any atom is 0.163 e. The van der Waals surface area contributed by atoms with Crippen LogP contribution in [0.25, 0.3) is 0 Å². The molecule has 5 heteroatoms. The van der Waals surface area contributed by atoms with Gasteiger partial charge >= 0.3 is 0 Å². The SMILES string of the molecule is Cc1cccc(CN2CCN(c3ccc(C#N)nn3)CC2)c1. The number of piperazine rings is 1. The van der Waals surface area contributed by atoms with Gasteiger partial charge in [0.1, 0.15) is 6.07 Å². The highest BCUT2D eigenvalue weighted by molar-refractivity contribution is 5.39. The minimum atomic E-state index is 0.363. The van der Waals surface area contributed by atoms with E-state index in [-0.39, 0.29) is 0 Å². The Hall–Kier alpha value is -2.45. The van der Waals surface area contributed by atoms with Crippen molar-refractivity contribution in [1.82, 2.24) is 15.1 Å². The number of anilines is 1. The minimum Gasteiger partial charge on any atom is -0.353 e. The van der Waals surface area contributed by atoms with Crippen molar-refractivity contribution in [1.29, 1.82) is 5.26 Å². The van der Waals surface area contributed by atoms with E-state index in [4.69, 9.17) is 5.26 Å². The predicted octanol–water partition coefficient (Wildman–Crippen LogP) is 1.98. The van der Waals surface area contributed by atoms with Gasteiger partial charge in [-0.15, -0.1) is 10.2 Å². The van der Waals surface area contributed by atoms with Gasteiger partial charge in [-0.25, -0.2) is 0 Å². The molecule has 1 fully saturated rings. The van der Waals surface area contributed by atoms with Gasteiger partial charge in [0.15, 0.2) is 11.5 Å². The summed E-state index contributed by atoms with van der Waals surface area (Å²) in [6.45, 7) is 7.02. The lowest BCUT2D eigenvalue weighted by Crippen LogP contribution is -2.46. The summed E-state index contributed by atoms with van der Waals surface area (Å²) in [6, 6.07) is 14.3. The monoisotopic (exact) mass is 293 g/mol. The molecule has 3 rings (SSSR count). The molecule has 1 aliphatic heterocycles. The van der Waals surface area contributed by atoms with Crippen LogP contribution in [-0.2, 0) is 6.54 Å². The number of hydrogen-bond donors (Lipinski definition) is 0. The summed E-state index contributed by atoms with van der Waals surface area (Å²) in [5.74, 6) is 0.856. The Kier molecular flexibility index (Phi) is 4.31. The number of benzene rings is 1. The molecule has 22 heavy (non-hydrogen) atoms. The maximum atomic E-state index is 8.76. The van der Waals surface area contributed by atoms with Crippen molar-refractivity contribution in [3.05, 3.63) is 53.2 Å². The molecular weight excluding hydrogens is 274 g/mol. The Morgan fingerprint density at radius 1 is 1.09 bits per heavy atom. The molecule has 1 saturated heterocycles. The first kappa shape index (κ1) is 14.5. The van der Waals surface area contributed by atoms with Gasteiger partial charge in [-0.3, -0.25) is 4.90 Å². The highest BCUT2D eigenvalue weighted by atomic mass is 15.3. The Labute approximate surface area is 130 Å². The lowest BCUT2D eigenvalue weighted by atomic mass is 10.1. The largest absolute Gasteiger partial charge is 0.353 e. The van der Waals surface area contributed by atoms with Crippen LogP contribution in [0.4, 0.5) is 5.82 Å². The average molecular weight is 293 g/mol. The maximum absolute atomic E-state index is 8.76. The van der Waals surface area contributed by atoms with Crippen molar-refractivity contribution < 1.29 is 0 Å². The van der Waals surface area contributed by atoms with E-state index < -0.39 is 0 Å². The van der Waals surface area contributed by atoms with E-state index in [0.717, 1.165) is 38.5 Å². The standard InChI is InChI=1S/C17H19N5/c1-14-3-2-4-15(11-14)13-21-7-9-22(10-8-21)17-6-5-16(12-18)19-20-17/h2-6,11H,7-10,13H2,1H3. The van der Waals surface area contributed by atoms with Gasteiger partial charge in [-0.2, -0.15) is 5.26 Å². The Bertz CT molecular complexity index is 666. The van der Waals surface area contributed by atoms with Gasteiger partial charge in [0.2, 0.25) is 0 Å².